The van der Waals surface area contributed by atoms with Gasteiger partial charge in [-0.05, 0) is 64.4 Å². The standard InChI is InChI=1S/C17H19FIN/c1-11(2)12-4-6-13(7-5-12)17(20-3)15-9-8-14(18)10-16(15)19/h4-11,17,20H,1-3H3. The van der Waals surface area contributed by atoms with Gasteiger partial charge >= 0.3 is 0 Å². The van der Waals surface area contributed by atoms with E-state index in [2.05, 4.69) is 66.0 Å². The lowest BCUT2D eigenvalue weighted by Gasteiger charge is -2.19. The molecular weight excluding hydrogens is 364 g/mol. The Kier molecular flexibility index (Phi) is 5.16. The third kappa shape index (κ3) is 3.38. The molecule has 0 aliphatic carbocycles. The van der Waals surface area contributed by atoms with Crippen molar-refractivity contribution in [2.45, 2.75) is 25.8 Å². The molecule has 2 aromatic rings. The van der Waals surface area contributed by atoms with Crippen molar-refractivity contribution in [3.8, 4) is 0 Å². The molecule has 0 heterocycles. The van der Waals surface area contributed by atoms with Crippen molar-refractivity contribution in [1.29, 1.82) is 0 Å². The molecule has 1 atom stereocenters. The van der Waals surface area contributed by atoms with Crippen molar-refractivity contribution in [1.82, 2.24) is 5.32 Å². The minimum Gasteiger partial charge on any atom is -0.309 e. The third-order valence-electron chi connectivity index (χ3n) is 3.50. The van der Waals surface area contributed by atoms with Crippen LogP contribution in [0.4, 0.5) is 4.39 Å². The molecule has 1 unspecified atom stereocenters. The fraction of sp³-hybridized carbons (Fsp3) is 0.294. The maximum absolute atomic E-state index is 13.2. The highest BCUT2D eigenvalue weighted by atomic mass is 127. The molecule has 2 aromatic carbocycles. The smallest absolute Gasteiger partial charge is 0.124 e. The Morgan fingerprint density at radius 1 is 1.00 bits per heavy atom. The first kappa shape index (κ1) is 15.4. The Bertz CT molecular complexity index is 578. The van der Waals surface area contributed by atoms with Gasteiger partial charge in [-0.2, -0.15) is 0 Å². The molecule has 0 aliphatic heterocycles. The summed E-state index contributed by atoms with van der Waals surface area (Å²) < 4.78 is 14.2. The van der Waals surface area contributed by atoms with E-state index >= 15 is 0 Å². The van der Waals surface area contributed by atoms with Gasteiger partial charge in [0.15, 0.2) is 0 Å². The van der Waals surface area contributed by atoms with E-state index in [0.29, 0.717) is 5.92 Å². The Morgan fingerprint density at radius 2 is 1.60 bits per heavy atom. The van der Waals surface area contributed by atoms with Gasteiger partial charge < -0.3 is 5.32 Å². The summed E-state index contributed by atoms with van der Waals surface area (Å²) in [4.78, 5) is 0. The summed E-state index contributed by atoms with van der Waals surface area (Å²) in [7, 11) is 1.93. The molecule has 20 heavy (non-hydrogen) atoms. The van der Waals surface area contributed by atoms with E-state index in [1.165, 1.54) is 17.2 Å². The molecule has 3 heteroatoms. The summed E-state index contributed by atoms with van der Waals surface area (Å²) in [5.74, 6) is 0.339. The highest BCUT2D eigenvalue weighted by molar-refractivity contribution is 14.1. The van der Waals surface area contributed by atoms with Crippen LogP contribution in [-0.2, 0) is 0 Å². The number of halogens is 2. The van der Waals surface area contributed by atoms with Gasteiger partial charge in [0.05, 0.1) is 6.04 Å². The summed E-state index contributed by atoms with van der Waals surface area (Å²) in [6, 6.07) is 13.7. The van der Waals surface area contributed by atoms with Gasteiger partial charge in [0.25, 0.3) is 0 Å². The second-order valence-corrected chi connectivity index (χ2v) is 6.37. The Morgan fingerprint density at radius 3 is 2.10 bits per heavy atom. The largest absolute Gasteiger partial charge is 0.309 e. The zero-order valence-corrected chi connectivity index (χ0v) is 14.1. The molecule has 106 valence electrons. The van der Waals surface area contributed by atoms with Crippen molar-refractivity contribution < 1.29 is 4.39 Å². The molecular formula is C17H19FIN. The number of rotatable bonds is 4. The van der Waals surface area contributed by atoms with Crippen LogP contribution in [0.1, 0.15) is 42.5 Å². The molecule has 0 radical (unpaired) electrons. The lowest BCUT2D eigenvalue weighted by atomic mass is 9.95. The molecule has 1 N–H and O–H groups in total. The predicted molar refractivity (Wildman–Crippen MR) is 90.6 cm³/mol. The first-order chi connectivity index (χ1) is 9.52. The van der Waals surface area contributed by atoms with Crippen LogP contribution in [0.2, 0.25) is 0 Å². The average Bonchev–Trinajstić information content (AvgIpc) is 2.42. The van der Waals surface area contributed by atoms with Gasteiger partial charge in [-0.15, -0.1) is 0 Å². The molecule has 0 saturated heterocycles. The summed E-state index contributed by atoms with van der Waals surface area (Å²) in [6.45, 7) is 4.38. The van der Waals surface area contributed by atoms with Crippen LogP contribution >= 0.6 is 22.6 Å². The van der Waals surface area contributed by atoms with Gasteiger partial charge in [-0.25, -0.2) is 4.39 Å². The van der Waals surface area contributed by atoms with Gasteiger partial charge in [-0.3, -0.25) is 0 Å². The minimum absolute atomic E-state index is 0.0868. The predicted octanol–water partition coefficient (Wildman–Crippen LogP) is 4.86. The van der Waals surface area contributed by atoms with E-state index in [4.69, 9.17) is 0 Å². The molecule has 0 fully saturated rings. The molecule has 0 aliphatic rings. The lowest BCUT2D eigenvalue weighted by Crippen LogP contribution is -2.18. The summed E-state index contributed by atoms with van der Waals surface area (Å²) >= 11 is 2.19. The van der Waals surface area contributed by atoms with Crippen LogP contribution in [-0.4, -0.2) is 7.05 Å². The van der Waals surface area contributed by atoms with Gasteiger partial charge in [0.2, 0.25) is 0 Å². The first-order valence-corrected chi connectivity index (χ1v) is 7.83. The lowest BCUT2D eigenvalue weighted by molar-refractivity contribution is 0.621. The Labute approximate surface area is 133 Å². The van der Waals surface area contributed by atoms with Crippen molar-refractivity contribution >= 4 is 22.6 Å². The van der Waals surface area contributed by atoms with Crippen molar-refractivity contribution in [3.63, 3.8) is 0 Å². The van der Waals surface area contributed by atoms with Crippen molar-refractivity contribution in [2.75, 3.05) is 7.05 Å². The minimum atomic E-state index is -0.192. The molecule has 0 spiro atoms. The van der Waals surface area contributed by atoms with Crippen LogP contribution < -0.4 is 5.32 Å². The van der Waals surface area contributed by atoms with Crippen LogP contribution in [0.3, 0.4) is 0 Å². The fourth-order valence-electron chi connectivity index (χ4n) is 2.31. The Hall–Kier alpha value is -0.940. The van der Waals surface area contributed by atoms with E-state index in [0.717, 1.165) is 9.13 Å². The van der Waals surface area contributed by atoms with E-state index in [-0.39, 0.29) is 11.9 Å². The molecule has 0 saturated carbocycles. The zero-order valence-electron chi connectivity index (χ0n) is 12.0. The van der Waals surface area contributed by atoms with E-state index < -0.39 is 0 Å². The quantitative estimate of drug-likeness (QED) is 0.744. The van der Waals surface area contributed by atoms with Gasteiger partial charge in [0.1, 0.15) is 5.82 Å². The van der Waals surface area contributed by atoms with E-state index in [1.54, 1.807) is 6.07 Å². The van der Waals surface area contributed by atoms with Crippen molar-refractivity contribution in [2.24, 2.45) is 0 Å². The molecule has 0 aromatic heterocycles. The molecule has 2 rings (SSSR count). The maximum atomic E-state index is 13.2. The monoisotopic (exact) mass is 383 g/mol. The average molecular weight is 383 g/mol. The second-order valence-electron chi connectivity index (χ2n) is 5.21. The van der Waals surface area contributed by atoms with Crippen LogP contribution in [0.5, 0.6) is 0 Å². The fourth-order valence-corrected chi connectivity index (χ4v) is 3.10. The Balaban J connectivity index is 2.36. The second kappa shape index (κ2) is 6.68. The van der Waals surface area contributed by atoms with Crippen LogP contribution in [0, 0.1) is 9.39 Å². The van der Waals surface area contributed by atoms with Gasteiger partial charge in [0, 0.05) is 3.57 Å². The number of nitrogens with one attached hydrogen (secondary N) is 1. The SMILES string of the molecule is CNC(c1ccc(C(C)C)cc1)c1ccc(F)cc1I. The topological polar surface area (TPSA) is 12.0 Å². The molecule has 0 bridgehead atoms. The molecule has 1 nitrogen and oxygen atoms in total. The van der Waals surface area contributed by atoms with Crippen LogP contribution in [0.25, 0.3) is 0 Å². The number of hydrogen-bond donors (Lipinski definition) is 1. The first-order valence-electron chi connectivity index (χ1n) is 6.75. The summed E-state index contributed by atoms with van der Waals surface area (Å²) in [5.41, 5.74) is 3.63. The van der Waals surface area contributed by atoms with E-state index in [9.17, 15) is 4.39 Å². The molecule has 0 amide bonds. The number of benzene rings is 2. The highest BCUT2D eigenvalue weighted by Gasteiger charge is 2.15. The summed E-state index contributed by atoms with van der Waals surface area (Å²) in [6.07, 6.45) is 0. The zero-order chi connectivity index (χ0) is 14.7. The van der Waals surface area contributed by atoms with Crippen molar-refractivity contribution in [3.05, 3.63) is 68.5 Å². The third-order valence-corrected chi connectivity index (χ3v) is 4.43. The normalized spacial score (nSPS) is 12.7. The number of hydrogen-bond acceptors (Lipinski definition) is 1. The summed E-state index contributed by atoms with van der Waals surface area (Å²) in [5, 5.41) is 3.32. The van der Waals surface area contributed by atoms with E-state index in [1.807, 2.05) is 13.1 Å². The van der Waals surface area contributed by atoms with Gasteiger partial charge in [-0.1, -0.05) is 44.2 Å². The van der Waals surface area contributed by atoms with Crippen LogP contribution in [0.15, 0.2) is 42.5 Å². The highest BCUT2D eigenvalue weighted by Crippen LogP contribution is 2.27. The maximum Gasteiger partial charge on any atom is 0.124 e.